The average molecular weight is 343 g/mol. The molecule has 3 nitrogen and oxygen atoms in total. The Morgan fingerprint density at radius 1 is 1.38 bits per heavy atom. The van der Waals surface area contributed by atoms with Crippen LogP contribution in [0.2, 0.25) is 0 Å². The van der Waals surface area contributed by atoms with Crippen LogP contribution in [0.5, 0.6) is 0 Å². The summed E-state index contributed by atoms with van der Waals surface area (Å²) in [5.41, 5.74) is 5.25. The maximum absolute atomic E-state index is 12.0. The van der Waals surface area contributed by atoms with E-state index in [0.717, 1.165) is 41.8 Å². The van der Waals surface area contributed by atoms with Gasteiger partial charge in [0.05, 0.1) is 5.56 Å². The van der Waals surface area contributed by atoms with E-state index in [4.69, 9.17) is 0 Å². The van der Waals surface area contributed by atoms with Crippen molar-refractivity contribution in [1.29, 1.82) is 0 Å². The van der Waals surface area contributed by atoms with E-state index in [2.05, 4.69) is 44.3 Å². The number of carbonyl (C=O) groups is 1. The molecule has 1 heterocycles. The summed E-state index contributed by atoms with van der Waals surface area (Å²) in [7, 11) is 1.93. The molecule has 4 heteroatoms. The second-order valence-corrected chi connectivity index (χ2v) is 8.63. The number of fused-ring (bicyclic) bond motifs is 1. The Labute approximate surface area is 147 Å². The lowest BCUT2D eigenvalue weighted by molar-refractivity contribution is 0.0696. The minimum absolute atomic E-state index is 0.181. The Bertz CT molecular complexity index is 789. The van der Waals surface area contributed by atoms with Crippen molar-refractivity contribution in [3.8, 4) is 10.4 Å². The number of aromatic carboxylic acids is 1. The van der Waals surface area contributed by atoms with Gasteiger partial charge in [0.2, 0.25) is 0 Å². The number of hydrogen-bond acceptors (Lipinski definition) is 3. The maximum atomic E-state index is 12.0. The summed E-state index contributed by atoms with van der Waals surface area (Å²) in [6.07, 6.45) is 2.97. The molecule has 1 aromatic heterocycles. The number of carboxylic acid groups (broad SMARTS) is 1. The van der Waals surface area contributed by atoms with E-state index in [-0.39, 0.29) is 5.41 Å². The molecule has 0 saturated carbocycles. The van der Waals surface area contributed by atoms with Crippen LogP contribution in [0.1, 0.15) is 52.2 Å². The quantitative estimate of drug-likeness (QED) is 0.849. The standard InChI is InChI=1S/C20H25NO2S/c1-12-5-6-13(9-14(12)11-21-4)18-17(19(22)23)15-10-20(2,3)8-7-16(15)24-18/h5-6,9,21H,7-8,10-11H2,1-4H3,(H,22,23). The minimum atomic E-state index is -0.795. The number of aryl methyl sites for hydroxylation is 2. The molecule has 2 N–H and O–H groups in total. The van der Waals surface area contributed by atoms with Crippen molar-refractivity contribution in [2.75, 3.05) is 7.05 Å². The number of hydrogen-bond donors (Lipinski definition) is 2. The predicted octanol–water partition coefficient (Wildman–Crippen LogP) is 4.66. The molecule has 0 atom stereocenters. The highest BCUT2D eigenvalue weighted by Crippen LogP contribution is 2.45. The van der Waals surface area contributed by atoms with Crippen LogP contribution in [0.4, 0.5) is 0 Å². The van der Waals surface area contributed by atoms with Crippen molar-refractivity contribution in [2.24, 2.45) is 5.41 Å². The lowest BCUT2D eigenvalue weighted by atomic mass is 9.76. The first-order valence-corrected chi connectivity index (χ1v) is 9.26. The summed E-state index contributed by atoms with van der Waals surface area (Å²) in [5, 5.41) is 13.1. The number of rotatable bonds is 4. The van der Waals surface area contributed by atoms with Gasteiger partial charge in [-0.2, -0.15) is 0 Å². The molecule has 3 rings (SSSR count). The Morgan fingerprint density at radius 2 is 2.12 bits per heavy atom. The Kier molecular flexibility index (Phi) is 4.54. The first kappa shape index (κ1) is 17.2. The molecular weight excluding hydrogens is 318 g/mol. The van der Waals surface area contributed by atoms with E-state index in [0.29, 0.717) is 5.56 Å². The number of thiophene rings is 1. The summed E-state index contributed by atoms with van der Waals surface area (Å²) in [6, 6.07) is 6.29. The highest BCUT2D eigenvalue weighted by molar-refractivity contribution is 7.16. The molecule has 0 amide bonds. The lowest BCUT2D eigenvalue weighted by Crippen LogP contribution is -2.22. The van der Waals surface area contributed by atoms with Crippen LogP contribution in [0.25, 0.3) is 10.4 Å². The van der Waals surface area contributed by atoms with Crippen molar-refractivity contribution >= 4 is 17.3 Å². The molecule has 1 aliphatic rings. The smallest absolute Gasteiger partial charge is 0.337 e. The van der Waals surface area contributed by atoms with E-state index in [1.165, 1.54) is 16.0 Å². The van der Waals surface area contributed by atoms with Gasteiger partial charge < -0.3 is 10.4 Å². The van der Waals surface area contributed by atoms with Gasteiger partial charge in [0.25, 0.3) is 0 Å². The molecule has 0 unspecified atom stereocenters. The van der Waals surface area contributed by atoms with Gasteiger partial charge in [-0.1, -0.05) is 26.0 Å². The van der Waals surface area contributed by atoms with Crippen LogP contribution in [0.3, 0.4) is 0 Å². The normalized spacial score (nSPS) is 16.0. The van der Waals surface area contributed by atoms with Crippen molar-refractivity contribution < 1.29 is 9.90 Å². The summed E-state index contributed by atoms with van der Waals surface area (Å²) < 4.78 is 0. The minimum Gasteiger partial charge on any atom is -0.478 e. The van der Waals surface area contributed by atoms with Gasteiger partial charge in [-0.25, -0.2) is 4.79 Å². The number of carboxylic acids is 1. The number of benzene rings is 1. The average Bonchev–Trinajstić information content (AvgIpc) is 2.87. The summed E-state index contributed by atoms with van der Waals surface area (Å²) >= 11 is 1.68. The van der Waals surface area contributed by atoms with E-state index in [1.807, 2.05) is 7.05 Å². The molecule has 24 heavy (non-hydrogen) atoms. The highest BCUT2D eigenvalue weighted by Gasteiger charge is 2.32. The van der Waals surface area contributed by atoms with Gasteiger partial charge >= 0.3 is 5.97 Å². The van der Waals surface area contributed by atoms with Crippen LogP contribution in [-0.2, 0) is 19.4 Å². The Morgan fingerprint density at radius 3 is 2.79 bits per heavy atom. The first-order chi connectivity index (χ1) is 11.3. The molecule has 128 valence electrons. The van der Waals surface area contributed by atoms with Gasteiger partial charge in [-0.3, -0.25) is 0 Å². The van der Waals surface area contributed by atoms with Crippen LogP contribution in [0, 0.1) is 12.3 Å². The van der Waals surface area contributed by atoms with Crippen molar-refractivity contribution in [3.63, 3.8) is 0 Å². The van der Waals surface area contributed by atoms with Gasteiger partial charge in [-0.05, 0) is 67.0 Å². The monoisotopic (exact) mass is 343 g/mol. The second kappa shape index (κ2) is 6.34. The number of nitrogens with one attached hydrogen (secondary N) is 1. The molecular formula is C20H25NO2S. The Hall–Kier alpha value is -1.65. The predicted molar refractivity (Wildman–Crippen MR) is 100 cm³/mol. The first-order valence-electron chi connectivity index (χ1n) is 8.45. The SMILES string of the molecule is CNCc1cc(-c2sc3c(c2C(=O)O)CC(C)(C)CC3)ccc1C. The van der Waals surface area contributed by atoms with Gasteiger partial charge in [0.1, 0.15) is 0 Å². The van der Waals surface area contributed by atoms with Crippen molar-refractivity contribution in [1.82, 2.24) is 5.32 Å². The third-order valence-corrected chi connectivity index (χ3v) is 6.31. The molecule has 0 saturated heterocycles. The molecule has 0 fully saturated rings. The second-order valence-electron chi connectivity index (χ2n) is 7.53. The van der Waals surface area contributed by atoms with Crippen molar-refractivity contribution in [2.45, 2.75) is 46.6 Å². The largest absolute Gasteiger partial charge is 0.478 e. The van der Waals surface area contributed by atoms with E-state index < -0.39 is 5.97 Å². The van der Waals surface area contributed by atoms with Crippen molar-refractivity contribution in [3.05, 3.63) is 45.3 Å². The molecule has 1 aromatic carbocycles. The van der Waals surface area contributed by atoms with Crippen LogP contribution >= 0.6 is 11.3 Å². The van der Waals surface area contributed by atoms with Crippen LogP contribution in [-0.4, -0.2) is 18.1 Å². The zero-order chi connectivity index (χ0) is 17.5. The topological polar surface area (TPSA) is 49.3 Å². The van der Waals surface area contributed by atoms with Crippen LogP contribution in [0.15, 0.2) is 18.2 Å². The van der Waals surface area contributed by atoms with Gasteiger partial charge in [-0.15, -0.1) is 11.3 Å². The third-order valence-electron chi connectivity index (χ3n) is 4.97. The van der Waals surface area contributed by atoms with E-state index in [9.17, 15) is 9.90 Å². The lowest BCUT2D eigenvalue weighted by Gasteiger charge is -2.29. The summed E-state index contributed by atoms with van der Waals surface area (Å²) in [6.45, 7) is 7.35. The van der Waals surface area contributed by atoms with E-state index in [1.54, 1.807) is 11.3 Å². The Balaban J connectivity index is 2.14. The zero-order valence-electron chi connectivity index (χ0n) is 14.8. The summed E-state index contributed by atoms with van der Waals surface area (Å²) in [5.74, 6) is -0.795. The fraction of sp³-hybridized carbons (Fsp3) is 0.450. The highest BCUT2D eigenvalue weighted by atomic mass is 32.1. The molecule has 0 bridgehead atoms. The molecule has 2 aromatic rings. The fourth-order valence-corrected chi connectivity index (χ4v) is 4.85. The van der Waals surface area contributed by atoms with Gasteiger partial charge in [0, 0.05) is 16.3 Å². The molecule has 0 aliphatic heterocycles. The molecule has 1 aliphatic carbocycles. The molecule has 0 radical (unpaired) electrons. The van der Waals surface area contributed by atoms with Gasteiger partial charge in [0.15, 0.2) is 0 Å². The van der Waals surface area contributed by atoms with Crippen LogP contribution < -0.4 is 5.32 Å². The molecule has 0 spiro atoms. The third kappa shape index (κ3) is 3.13. The fourth-order valence-electron chi connectivity index (χ4n) is 3.54. The van der Waals surface area contributed by atoms with E-state index >= 15 is 0 Å². The summed E-state index contributed by atoms with van der Waals surface area (Å²) in [4.78, 5) is 14.2. The zero-order valence-corrected chi connectivity index (χ0v) is 15.6. The maximum Gasteiger partial charge on any atom is 0.337 e.